The molecule has 12 rings (SSSR count). The SMILES string of the molecule is CC1(C)O[C@H]2O[C@H](CNp3oc4c([Si](C)(C)C)cc5ccccc5c4c4c(o3)c([Si](C)(C)C)cc3ccccc34)[C@@H](Np3oc4c([Si](C)(C)C)cc5ccccc5c4c4c(o3)c([Si](C)(C)C)cc3ccccc34)[C@H]2O1. The zero-order valence-electron chi connectivity index (χ0n) is 45.8. The van der Waals surface area contributed by atoms with Crippen molar-refractivity contribution in [1.82, 2.24) is 0 Å². The second-order valence-electron chi connectivity index (χ2n) is 25.4. The van der Waals surface area contributed by atoms with E-state index in [0.717, 1.165) is 65.4 Å². The Morgan fingerprint density at radius 2 is 0.760 bits per heavy atom. The third-order valence-electron chi connectivity index (χ3n) is 15.3. The summed E-state index contributed by atoms with van der Waals surface area (Å²) in [5.41, 5.74) is 3.62. The molecule has 388 valence electrons. The van der Waals surface area contributed by atoms with Gasteiger partial charge in [0.05, 0.1) is 44.4 Å². The van der Waals surface area contributed by atoms with Gasteiger partial charge in [-0.25, -0.2) is 10.2 Å². The monoisotopic (exact) mass is 1100 g/mol. The van der Waals surface area contributed by atoms with Crippen LogP contribution in [-0.4, -0.2) is 69.2 Å². The predicted molar refractivity (Wildman–Crippen MR) is 331 cm³/mol. The molecule has 0 unspecified atom stereocenters. The van der Waals surface area contributed by atoms with Crippen LogP contribution in [0.2, 0.25) is 78.6 Å². The lowest BCUT2D eigenvalue weighted by atomic mass is 9.98. The number of hydrogen-bond donors (Lipinski definition) is 2. The molecule has 9 nitrogen and oxygen atoms in total. The minimum atomic E-state index is -2.06. The van der Waals surface area contributed by atoms with Gasteiger partial charge < -0.3 is 31.0 Å². The van der Waals surface area contributed by atoms with E-state index in [1.165, 1.54) is 42.3 Å². The number of fused-ring (bicyclic) bond motifs is 15. The van der Waals surface area contributed by atoms with Gasteiger partial charge in [-0.3, -0.25) is 0 Å². The molecule has 4 heterocycles. The molecule has 0 spiro atoms. The molecule has 2 aliphatic rings. The summed E-state index contributed by atoms with van der Waals surface area (Å²) in [4.78, 5) is 0. The van der Waals surface area contributed by atoms with Crippen molar-refractivity contribution < 1.29 is 31.0 Å². The minimum Gasteiger partial charge on any atom is -0.408 e. The smallest absolute Gasteiger partial charge is 0.307 e. The van der Waals surface area contributed by atoms with Crippen LogP contribution >= 0.6 is 16.3 Å². The van der Waals surface area contributed by atoms with Gasteiger partial charge in [0.15, 0.2) is 12.1 Å². The average Bonchev–Trinajstić information content (AvgIpc) is 3.71. The molecule has 0 saturated carbocycles. The van der Waals surface area contributed by atoms with Crippen molar-refractivity contribution in [2.75, 3.05) is 16.7 Å². The Bertz CT molecular complexity index is 3820. The van der Waals surface area contributed by atoms with Crippen LogP contribution in [0.1, 0.15) is 13.8 Å². The Kier molecular flexibility index (Phi) is 12.4. The molecule has 0 bridgehead atoms. The van der Waals surface area contributed by atoms with Gasteiger partial charge in [-0.05, 0) is 77.7 Å². The lowest BCUT2D eigenvalue weighted by Gasteiger charge is -2.25. The molecular weight excluding hydrogens is 1030 g/mol. The molecule has 75 heavy (non-hydrogen) atoms. The molecule has 0 amide bonds. The molecule has 2 fully saturated rings. The Morgan fingerprint density at radius 1 is 0.440 bits per heavy atom. The van der Waals surface area contributed by atoms with Gasteiger partial charge in [0.2, 0.25) is 0 Å². The highest BCUT2D eigenvalue weighted by Crippen LogP contribution is 2.46. The molecular formula is C60H70N2O7P2Si4. The molecule has 4 atom stereocenters. The topological polar surface area (TPSA) is 104 Å². The third kappa shape index (κ3) is 9.03. The zero-order valence-corrected chi connectivity index (χ0v) is 51.6. The zero-order chi connectivity index (χ0) is 52.7. The molecule has 2 N–H and O–H groups in total. The summed E-state index contributed by atoms with van der Waals surface area (Å²) in [7, 11) is -11.8. The van der Waals surface area contributed by atoms with Gasteiger partial charge in [0.25, 0.3) is 0 Å². The molecule has 2 saturated heterocycles. The van der Waals surface area contributed by atoms with Crippen molar-refractivity contribution in [3.8, 4) is 0 Å². The fourth-order valence-corrected chi connectivity index (χ4v) is 20.3. The largest absolute Gasteiger partial charge is 0.408 e. The highest BCUT2D eigenvalue weighted by Gasteiger charge is 2.55. The molecule has 8 aromatic carbocycles. The van der Waals surface area contributed by atoms with Gasteiger partial charge in [0, 0.05) is 28.1 Å². The summed E-state index contributed by atoms with van der Waals surface area (Å²) in [5.74, 6) is -0.865. The van der Waals surface area contributed by atoms with Crippen molar-refractivity contribution in [1.29, 1.82) is 0 Å². The van der Waals surface area contributed by atoms with Crippen molar-refractivity contribution >= 4 is 156 Å². The predicted octanol–water partition coefficient (Wildman–Crippen LogP) is 15.7. The van der Waals surface area contributed by atoms with E-state index in [4.69, 9.17) is 31.0 Å². The van der Waals surface area contributed by atoms with Crippen LogP contribution in [-0.2, 0) is 14.2 Å². The van der Waals surface area contributed by atoms with E-state index in [-0.39, 0.29) is 0 Å². The average molecular weight is 1110 g/mol. The summed E-state index contributed by atoms with van der Waals surface area (Å²) >= 11 is 0. The first-order chi connectivity index (χ1) is 35.4. The Morgan fingerprint density at radius 3 is 1.09 bits per heavy atom. The van der Waals surface area contributed by atoms with Gasteiger partial charge in [-0.1, -0.05) is 200 Å². The van der Waals surface area contributed by atoms with E-state index < -0.39 is 79.0 Å². The summed E-state index contributed by atoms with van der Waals surface area (Å²) < 4.78 is 50.4. The normalized spacial score (nSPS) is 19.4. The van der Waals surface area contributed by atoms with E-state index >= 15 is 0 Å². The maximum atomic E-state index is 7.55. The Balaban J connectivity index is 1.08. The Hall–Kier alpha value is -4.73. The lowest BCUT2D eigenvalue weighted by Crippen LogP contribution is -2.42. The van der Waals surface area contributed by atoms with Crippen LogP contribution < -0.4 is 30.9 Å². The number of nitrogens with one attached hydrogen (secondary N) is 2. The second-order valence-corrected chi connectivity index (χ2v) is 47.9. The number of ether oxygens (including phenoxy) is 3. The fourth-order valence-electron chi connectivity index (χ4n) is 11.6. The first-order valence-electron chi connectivity index (χ1n) is 26.5. The van der Waals surface area contributed by atoms with Crippen molar-refractivity contribution in [3.05, 3.63) is 121 Å². The number of benzene rings is 8. The van der Waals surface area contributed by atoms with Crippen molar-refractivity contribution in [2.45, 2.75) is 123 Å². The van der Waals surface area contributed by atoms with Gasteiger partial charge in [0.1, 0.15) is 28.4 Å². The minimum absolute atomic E-state index is 0.367. The summed E-state index contributed by atoms with van der Waals surface area (Å²) in [5, 5.41) is 26.8. The first kappa shape index (κ1) is 51.0. The van der Waals surface area contributed by atoms with Crippen molar-refractivity contribution in [2.24, 2.45) is 0 Å². The number of hydrogen-bond acceptors (Lipinski definition) is 9. The summed E-state index contributed by atoms with van der Waals surface area (Å²) in [6.07, 6.45) is -1.56. The van der Waals surface area contributed by atoms with E-state index in [0.29, 0.717) is 6.54 Å². The van der Waals surface area contributed by atoms with E-state index in [1.54, 1.807) is 0 Å². The van der Waals surface area contributed by atoms with Gasteiger partial charge >= 0.3 is 16.3 Å². The molecule has 2 aliphatic heterocycles. The maximum absolute atomic E-state index is 7.55. The first-order valence-corrected chi connectivity index (χ1v) is 42.9. The van der Waals surface area contributed by atoms with E-state index in [9.17, 15) is 0 Å². The van der Waals surface area contributed by atoms with E-state index in [2.05, 4.69) is 210 Å². The highest BCUT2D eigenvalue weighted by atomic mass is 31.1. The van der Waals surface area contributed by atoms with Crippen LogP contribution in [0.15, 0.2) is 138 Å². The molecule has 15 heteroatoms. The molecule has 2 aromatic heterocycles. The van der Waals surface area contributed by atoms with Crippen LogP contribution in [0.3, 0.4) is 0 Å². The van der Waals surface area contributed by atoms with Crippen LogP contribution in [0, 0.1) is 0 Å². The Labute approximate surface area is 445 Å². The number of rotatable bonds is 9. The third-order valence-corrected chi connectivity index (χ3v) is 25.6. The summed E-state index contributed by atoms with van der Waals surface area (Å²) in [6.45, 7) is 33.1. The second kappa shape index (κ2) is 18.2. The van der Waals surface area contributed by atoms with Gasteiger partial charge in [-0.2, -0.15) is 0 Å². The van der Waals surface area contributed by atoms with Crippen LogP contribution in [0.4, 0.5) is 0 Å². The quantitative estimate of drug-likeness (QED) is 0.137. The van der Waals surface area contributed by atoms with Crippen LogP contribution in [0.5, 0.6) is 0 Å². The van der Waals surface area contributed by atoms with Crippen molar-refractivity contribution in [3.63, 3.8) is 0 Å². The maximum Gasteiger partial charge on any atom is 0.307 e. The van der Waals surface area contributed by atoms with Crippen LogP contribution in [0.25, 0.3) is 87.0 Å². The highest BCUT2D eigenvalue weighted by molar-refractivity contribution is 7.39. The molecule has 10 aromatic rings. The fraction of sp³-hybridized carbons (Fsp3) is 0.333. The standard InChI is InChI=1S/C60H70N2O7P2Si4/c1-60(2)64-58-53(62-71-68-56-47(74(9,10)11)33-38-25-17-21-29-42(38)51(56)52-43-30-22-18-26-39(43)34-48(57(52)69-71)75(12,13)14)44(63-59(58)65-60)35-61-70-66-54-45(72(3,4)5)31-36-23-15-19-27-40(36)49(54)50-41-28-20-16-24-37(41)32-46(55(50)67-70)73(6,7)8/h15-34,44,53,58-59,61-62H,35H2,1-14H3/t44-,53-,58-,59-/m1/s1. The van der Waals surface area contributed by atoms with E-state index in [1.807, 2.05) is 13.8 Å². The lowest BCUT2D eigenvalue weighted by molar-refractivity contribution is -0.204. The summed E-state index contributed by atoms with van der Waals surface area (Å²) in [6, 6.07) is 44.2. The molecule has 0 aliphatic carbocycles. The molecule has 0 radical (unpaired) electrons. The van der Waals surface area contributed by atoms with Gasteiger partial charge in [-0.15, -0.1) is 0 Å².